The second-order valence-electron chi connectivity index (χ2n) is 4.12. The van der Waals surface area contributed by atoms with E-state index in [1.165, 1.54) is 6.07 Å². The molecule has 1 N–H and O–H groups in total. The first-order valence-electron chi connectivity index (χ1n) is 6.00. The number of halogens is 1. The van der Waals surface area contributed by atoms with Gasteiger partial charge in [0.1, 0.15) is 10.7 Å². The Morgan fingerprint density at radius 1 is 1.47 bits per heavy atom. The average molecular weight is 279 g/mol. The van der Waals surface area contributed by atoms with Gasteiger partial charge in [-0.05, 0) is 30.9 Å². The standard InChI is InChI=1S/C13H14FN3OS/c1-3-11-12(19-17-16-11)13(18)15-8(2)9-6-4-5-7-10(9)14/h4-8H,3H2,1-2H3,(H,15,18)/t8-/m1/s1. The fourth-order valence-electron chi connectivity index (χ4n) is 1.78. The number of nitrogens with zero attached hydrogens (tertiary/aromatic N) is 2. The number of carbonyl (C=O) groups excluding carboxylic acids is 1. The zero-order valence-electron chi connectivity index (χ0n) is 10.7. The van der Waals surface area contributed by atoms with Gasteiger partial charge in [-0.15, -0.1) is 5.10 Å². The van der Waals surface area contributed by atoms with Gasteiger partial charge in [0.25, 0.3) is 5.91 Å². The summed E-state index contributed by atoms with van der Waals surface area (Å²) in [6, 6.07) is 6.00. The fourth-order valence-corrected chi connectivity index (χ4v) is 2.43. The molecule has 0 fully saturated rings. The molecular weight excluding hydrogens is 265 g/mol. The first-order chi connectivity index (χ1) is 9.13. The van der Waals surface area contributed by atoms with Gasteiger partial charge < -0.3 is 5.32 Å². The summed E-state index contributed by atoms with van der Waals surface area (Å²) in [5.41, 5.74) is 1.13. The number of carbonyl (C=O) groups is 1. The molecule has 100 valence electrons. The van der Waals surface area contributed by atoms with Crippen molar-refractivity contribution in [1.82, 2.24) is 14.9 Å². The summed E-state index contributed by atoms with van der Waals surface area (Å²) >= 11 is 1.06. The van der Waals surface area contributed by atoms with Gasteiger partial charge >= 0.3 is 0 Å². The first kappa shape index (κ1) is 13.6. The lowest BCUT2D eigenvalue weighted by Crippen LogP contribution is -2.27. The number of aromatic nitrogens is 2. The van der Waals surface area contributed by atoms with Crippen molar-refractivity contribution in [2.45, 2.75) is 26.3 Å². The van der Waals surface area contributed by atoms with Crippen LogP contribution in [0.2, 0.25) is 0 Å². The fraction of sp³-hybridized carbons (Fsp3) is 0.308. The number of amides is 1. The molecule has 0 bridgehead atoms. The molecule has 4 nitrogen and oxygen atoms in total. The summed E-state index contributed by atoms with van der Waals surface area (Å²) in [5, 5.41) is 6.65. The summed E-state index contributed by atoms with van der Waals surface area (Å²) < 4.78 is 17.4. The molecule has 0 unspecified atom stereocenters. The van der Waals surface area contributed by atoms with E-state index >= 15 is 0 Å². The van der Waals surface area contributed by atoms with Crippen LogP contribution in [0, 0.1) is 5.82 Å². The molecular formula is C13H14FN3OS. The highest BCUT2D eigenvalue weighted by molar-refractivity contribution is 7.08. The third kappa shape index (κ3) is 2.96. The largest absolute Gasteiger partial charge is 0.345 e. The Labute approximate surface area is 114 Å². The van der Waals surface area contributed by atoms with Crippen LogP contribution in [0.3, 0.4) is 0 Å². The van der Waals surface area contributed by atoms with Crippen molar-refractivity contribution in [3.05, 3.63) is 46.2 Å². The van der Waals surface area contributed by atoms with Crippen LogP contribution < -0.4 is 5.32 Å². The van der Waals surface area contributed by atoms with E-state index < -0.39 is 6.04 Å². The topological polar surface area (TPSA) is 54.9 Å². The maximum Gasteiger partial charge on any atom is 0.265 e. The molecule has 1 aromatic heterocycles. The van der Waals surface area contributed by atoms with Gasteiger partial charge in [0.05, 0.1) is 11.7 Å². The summed E-state index contributed by atoms with van der Waals surface area (Å²) in [4.78, 5) is 12.6. The summed E-state index contributed by atoms with van der Waals surface area (Å²) in [6.07, 6.45) is 0.646. The second kappa shape index (κ2) is 5.88. The molecule has 0 aliphatic heterocycles. The molecule has 0 saturated carbocycles. The van der Waals surface area contributed by atoms with Crippen molar-refractivity contribution in [3.63, 3.8) is 0 Å². The van der Waals surface area contributed by atoms with Crippen LogP contribution in [0.1, 0.15) is 40.8 Å². The Morgan fingerprint density at radius 3 is 2.89 bits per heavy atom. The monoisotopic (exact) mass is 279 g/mol. The number of aryl methyl sites for hydroxylation is 1. The quantitative estimate of drug-likeness (QED) is 0.936. The Balaban J connectivity index is 2.13. The minimum absolute atomic E-state index is 0.261. The van der Waals surface area contributed by atoms with Gasteiger partial charge in [-0.25, -0.2) is 4.39 Å². The normalized spacial score (nSPS) is 12.2. The molecule has 2 rings (SSSR count). The van der Waals surface area contributed by atoms with Crippen molar-refractivity contribution in [2.75, 3.05) is 0 Å². The molecule has 2 aromatic rings. The molecule has 1 aromatic carbocycles. The molecule has 6 heteroatoms. The van der Waals surface area contributed by atoms with Gasteiger partial charge in [0.2, 0.25) is 0 Å². The van der Waals surface area contributed by atoms with Gasteiger partial charge in [0, 0.05) is 5.56 Å². The summed E-state index contributed by atoms with van der Waals surface area (Å²) in [7, 11) is 0. The summed E-state index contributed by atoms with van der Waals surface area (Å²) in [5.74, 6) is -0.587. The minimum atomic E-state index is -0.402. The summed E-state index contributed by atoms with van der Waals surface area (Å²) in [6.45, 7) is 3.66. The van der Waals surface area contributed by atoms with E-state index in [4.69, 9.17) is 0 Å². The lowest BCUT2D eigenvalue weighted by Gasteiger charge is -2.14. The van der Waals surface area contributed by atoms with Crippen molar-refractivity contribution < 1.29 is 9.18 Å². The van der Waals surface area contributed by atoms with E-state index in [1.807, 2.05) is 6.92 Å². The maximum atomic E-state index is 13.6. The third-order valence-corrected chi connectivity index (χ3v) is 3.58. The number of hydrogen-bond acceptors (Lipinski definition) is 4. The van der Waals surface area contributed by atoms with E-state index in [0.29, 0.717) is 22.6 Å². The van der Waals surface area contributed by atoms with Gasteiger partial charge in [-0.2, -0.15) is 0 Å². The highest BCUT2D eigenvalue weighted by atomic mass is 32.1. The van der Waals surface area contributed by atoms with Crippen LogP contribution in [0.4, 0.5) is 4.39 Å². The Bertz CT molecular complexity index is 585. The van der Waals surface area contributed by atoms with Crippen LogP contribution >= 0.6 is 11.5 Å². The van der Waals surface area contributed by atoms with Gasteiger partial charge in [-0.1, -0.05) is 29.6 Å². The highest BCUT2D eigenvalue weighted by Gasteiger charge is 2.18. The molecule has 1 atom stereocenters. The van der Waals surface area contributed by atoms with Crippen molar-refractivity contribution >= 4 is 17.4 Å². The van der Waals surface area contributed by atoms with Crippen molar-refractivity contribution in [2.24, 2.45) is 0 Å². The van der Waals surface area contributed by atoms with E-state index in [0.717, 1.165) is 11.5 Å². The molecule has 19 heavy (non-hydrogen) atoms. The number of nitrogens with one attached hydrogen (secondary N) is 1. The molecule has 0 aliphatic rings. The van der Waals surface area contributed by atoms with Gasteiger partial charge in [0.15, 0.2) is 0 Å². The number of benzene rings is 1. The van der Waals surface area contributed by atoms with Crippen LogP contribution in [-0.4, -0.2) is 15.5 Å². The molecule has 1 heterocycles. The average Bonchev–Trinajstić information content (AvgIpc) is 2.87. The minimum Gasteiger partial charge on any atom is -0.345 e. The predicted octanol–water partition coefficient (Wildman–Crippen LogP) is 2.73. The van der Waals surface area contributed by atoms with Crippen molar-refractivity contribution in [3.8, 4) is 0 Å². The van der Waals surface area contributed by atoms with Crippen LogP contribution in [0.15, 0.2) is 24.3 Å². The Kier molecular flexibility index (Phi) is 4.21. The Morgan fingerprint density at radius 2 is 2.21 bits per heavy atom. The second-order valence-corrected chi connectivity index (χ2v) is 4.87. The van der Waals surface area contributed by atoms with E-state index in [9.17, 15) is 9.18 Å². The SMILES string of the molecule is CCc1nnsc1C(=O)N[C@H](C)c1ccccc1F. The van der Waals surface area contributed by atoms with E-state index in [2.05, 4.69) is 14.9 Å². The lowest BCUT2D eigenvalue weighted by molar-refractivity contribution is 0.0942. The molecule has 0 aliphatic carbocycles. The highest BCUT2D eigenvalue weighted by Crippen LogP contribution is 2.18. The van der Waals surface area contributed by atoms with Crippen LogP contribution in [-0.2, 0) is 6.42 Å². The number of hydrogen-bond donors (Lipinski definition) is 1. The molecule has 0 spiro atoms. The predicted molar refractivity (Wildman–Crippen MR) is 71.6 cm³/mol. The zero-order valence-corrected chi connectivity index (χ0v) is 11.5. The molecule has 0 radical (unpaired) electrons. The van der Waals surface area contributed by atoms with Gasteiger partial charge in [-0.3, -0.25) is 4.79 Å². The Hall–Kier alpha value is -1.82. The lowest BCUT2D eigenvalue weighted by atomic mass is 10.1. The first-order valence-corrected chi connectivity index (χ1v) is 6.77. The smallest absolute Gasteiger partial charge is 0.265 e. The molecule has 0 saturated heterocycles. The van der Waals surface area contributed by atoms with Crippen molar-refractivity contribution in [1.29, 1.82) is 0 Å². The van der Waals surface area contributed by atoms with E-state index in [-0.39, 0.29) is 11.7 Å². The third-order valence-electron chi connectivity index (χ3n) is 2.82. The number of rotatable bonds is 4. The molecule has 1 amide bonds. The van der Waals surface area contributed by atoms with Crippen LogP contribution in [0.25, 0.3) is 0 Å². The van der Waals surface area contributed by atoms with Crippen LogP contribution in [0.5, 0.6) is 0 Å². The maximum absolute atomic E-state index is 13.6. The van der Waals surface area contributed by atoms with E-state index in [1.54, 1.807) is 25.1 Å². The zero-order chi connectivity index (χ0) is 13.8.